The molecule has 0 aromatic heterocycles. The third kappa shape index (κ3) is 9.76. The maximum Gasteiger partial charge on any atom is 0.0249 e. The zero-order valence-corrected chi connectivity index (χ0v) is 20.9. The molecule has 1 aliphatic rings. The molecule has 2 heteroatoms. The van der Waals surface area contributed by atoms with Crippen molar-refractivity contribution in [3.63, 3.8) is 0 Å². The van der Waals surface area contributed by atoms with Gasteiger partial charge in [0.05, 0.1) is 0 Å². The molecule has 1 aliphatic carbocycles. The van der Waals surface area contributed by atoms with E-state index in [4.69, 9.17) is 5.26 Å². The molecule has 2 aromatic carbocycles. The van der Waals surface area contributed by atoms with Gasteiger partial charge in [0.1, 0.15) is 0 Å². The topological polar surface area (TPSA) is 23.8 Å². The summed E-state index contributed by atoms with van der Waals surface area (Å²) in [6.07, 6.45) is 0. The first-order valence-corrected chi connectivity index (χ1v) is 9.65. The van der Waals surface area contributed by atoms with Crippen LogP contribution in [-0.4, -0.2) is 0 Å². The molecule has 3 rings (SSSR count). The van der Waals surface area contributed by atoms with E-state index >= 15 is 0 Å². The van der Waals surface area contributed by atoms with E-state index in [9.17, 15) is 0 Å². The number of benzene rings is 2. The minimum atomic E-state index is -0.310. The zero-order valence-electron chi connectivity index (χ0n) is 18.5. The Hall–Kier alpha value is -1.86. The third-order valence-electron chi connectivity index (χ3n) is 4.89. The average Bonchev–Trinajstić information content (AvgIpc) is 2.92. The van der Waals surface area contributed by atoms with Gasteiger partial charge in [0.2, 0.25) is 0 Å². The number of rotatable bonds is 0. The Morgan fingerprint density at radius 1 is 0.600 bits per heavy atom. The molecular weight excluding hydrogens is 543 g/mol. The monoisotopic (exact) mass is 573 g/mol. The Balaban J connectivity index is 0.000000463. The normalized spacial score (nSPS) is 14.9. The van der Waals surface area contributed by atoms with Gasteiger partial charge in [-0.1, -0.05) is 82.9 Å². The molecular formula is C28H30IrN-2. The molecule has 0 saturated heterocycles. The van der Waals surface area contributed by atoms with E-state index in [2.05, 4.69) is 60.3 Å². The minimum absolute atomic E-state index is 0. The summed E-state index contributed by atoms with van der Waals surface area (Å²) in [5, 5.41) is 7.77. The van der Waals surface area contributed by atoms with Crippen molar-refractivity contribution in [2.24, 2.45) is 5.92 Å². The molecule has 0 aliphatic heterocycles. The van der Waals surface area contributed by atoms with Gasteiger partial charge >= 0.3 is 0 Å². The Bertz CT molecular complexity index is 707. The van der Waals surface area contributed by atoms with Crippen molar-refractivity contribution in [2.75, 3.05) is 0 Å². The maximum atomic E-state index is 7.77. The second-order valence-electron chi connectivity index (χ2n) is 6.93. The van der Waals surface area contributed by atoms with Crippen molar-refractivity contribution in [3.05, 3.63) is 115 Å². The van der Waals surface area contributed by atoms with Crippen LogP contribution in [0, 0.1) is 72.5 Å². The van der Waals surface area contributed by atoms with Crippen LogP contribution in [0.25, 0.3) is 0 Å². The Labute approximate surface area is 198 Å². The van der Waals surface area contributed by atoms with Gasteiger partial charge in [-0.05, 0) is 53.9 Å². The fourth-order valence-corrected chi connectivity index (χ4v) is 2.59. The smallest absolute Gasteiger partial charge is 0.0249 e. The van der Waals surface area contributed by atoms with E-state index in [1.807, 2.05) is 60.7 Å². The van der Waals surface area contributed by atoms with Crippen molar-refractivity contribution >= 4 is 0 Å². The molecule has 0 heterocycles. The van der Waals surface area contributed by atoms with Crippen molar-refractivity contribution in [1.82, 2.24) is 0 Å². The third-order valence-corrected chi connectivity index (χ3v) is 4.89. The summed E-state index contributed by atoms with van der Waals surface area (Å²) in [6, 6.07) is 21.8. The minimum Gasteiger partial charge on any atom is -0.357 e. The molecule has 1 fully saturated rings. The molecule has 30 heavy (non-hydrogen) atoms. The molecule has 2 aromatic rings. The average molecular weight is 573 g/mol. The van der Waals surface area contributed by atoms with E-state index in [1.54, 1.807) is 6.07 Å². The quantitative estimate of drug-likeness (QED) is 0.250. The predicted molar refractivity (Wildman–Crippen MR) is 123 cm³/mol. The largest absolute Gasteiger partial charge is 0.357 e. The first kappa shape index (κ1) is 28.1. The van der Waals surface area contributed by atoms with E-state index in [1.165, 1.54) is 29.6 Å². The number of hydrogen-bond acceptors (Lipinski definition) is 1. The van der Waals surface area contributed by atoms with Crippen LogP contribution >= 0.6 is 0 Å². The van der Waals surface area contributed by atoms with Gasteiger partial charge in [0.15, 0.2) is 0 Å². The van der Waals surface area contributed by atoms with Crippen molar-refractivity contribution in [2.45, 2.75) is 34.6 Å². The van der Waals surface area contributed by atoms with Gasteiger partial charge in [-0.2, -0.15) is 0 Å². The zero-order chi connectivity index (χ0) is 21.8. The van der Waals surface area contributed by atoms with Crippen molar-refractivity contribution in [1.29, 1.82) is 5.26 Å². The van der Waals surface area contributed by atoms with E-state index in [0.29, 0.717) is 0 Å². The van der Waals surface area contributed by atoms with Gasteiger partial charge in [-0.3, -0.25) is 0 Å². The fraction of sp³-hybridized carbons (Fsp3) is 0.214. The second-order valence-corrected chi connectivity index (χ2v) is 6.93. The Kier molecular flexibility index (Phi) is 14.1. The molecule has 6 radical (unpaired) electrons. The van der Waals surface area contributed by atoms with Crippen LogP contribution in [0.5, 0.6) is 0 Å². The molecule has 0 unspecified atom stereocenters. The van der Waals surface area contributed by atoms with Gasteiger partial charge in [-0.25, -0.2) is 11.2 Å². The molecule has 0 bridgehead atoms. The number of hydrogen-bond donors (Lipinski definition) is 0. The SMILES string of the molecule is C(#Cc1ccccc1)c1ccccc1.C[C]1[C](C)[C](C)[C](C)[C]1C.[CH2-]C([CH2-])C#N.[Ir]. The summed E-state index contributed by atoms with van der Waals surface area (Å²) in [5.74, 6) is 13.2. The first-order chi connectivity index (χ1) is 13.8. The van der Waals surface area contributed by atoms with Crippen LogP contribution in [0.4, 0.5) is 0 Å². The molecule has 0 N–H and O–H groups in total. The van der Waals surface area contributed by atoms with Crippen LogP contribution in [-0.2, 0) is 20.1 Å². The van der Waals surface area contributed by atoms with E-state index in [0.717, 1.165) is 11.1 Å². The van der Waals surface area contributed by atoms with Crippen molar-refractivity contribution in [3.8, 4) is 17.9 Å². The van der Waals surface area contributed by atoms with Crippen LogP contribution < -0.4 is 0 Å². The molecule has 0 amide bonds. The second kappa shape index (κ2) is 15.0. The summed E-state index contributed by atoms with van der Waals surface area (Å²) in [7, 11) is 0. The molecule has 1 nitrogen and oxygen atoms in total. The number of nitriles is 1. The summed E-state index contributed by atoms with van der Waals surface area (Å²) in [5.41, 5.74) is 2.10. The maximum absolute atomic E-state index is 7.77. The van der Waals surface area contributed by atoms with Gasteiger partial charge in [-0.15, -0.1) is 0 Å². The van der Waals surface area contributed by atoms with Crippen LogP contribution in [0.2, 0.25) is 0 Å². The molecule has 0 atom stereocenters. The van der Waals surface area contributed by atoms with Crippen LogP contribution in [0.15, 0.2) is 60.7 Å². The summed E-state index contributed by atoms with van der Waals surface area (Å²) >= 11 is 0. The van der Waals surface area contributed by atoms with Gasteiger partial charge in [0.25, 0.3) is 0 Å². The molecule has 158 valence electrons. The Morgan fingerprint density at radius 2 is 0.833 bits per heavy atom. The molecule has 1 saturated carbocycles. The van der Waals surface area contributed by atoms with Crippen LogP contribution in [0.1, 0.15) is 45.7 Å². The fourth-order valence-electron chi connectivity index (χ4n) is 2.59. The summed E-state index contributed by atoms with van der Waals surface area (Å²) in [6.45, 7) is 17.6. The molecule has 0 spiro atoms. The number of nitrogens with zero attached hydrogens (tertiary/aromatic N) is 1. The van der Waals surface area contributed by atoms with Gasteiger partial charge in [0, 0.05) is 37.3 Å². The summed E-state index contributed by atoms with van der Waals surface area (Å²) in [4.78, 5) is 0. The first-order valence-electron chi connectivity index (χ1n) is 9.65. The predicted octanol–water partition coefficient (Wildman–Crippen LogP) is 6.85. The van der Waals surface area contributed by atoms with E-state index < -0.39 is 0 Å². The van der Waals surface area contributed by atoms with Crippen molar-refractivity contribution < 1.29 is 20.1 Å². The van der Waals surface area contributed by atoms with E-state index in [-0.39, 0.29) is 26.0 Å². The Morgan fingerprint density at radius 3 is 1.03 bits per heavy atom. The van der Waals surface area contributed by atoms with Gasteiger partial charge < -0.3 is 13.8 Å². The summed E-state index contributed by atoms with van der Waals surface area (Å²) < 4.78 is 0. The standard InChI is InChI=1S/C14H10.C10H15.C4H5N.Ir/c1-3-7-13(8-4-1)11-12-14-9-5-2-6-10-14;1-6-7(2)9(4)10(5)8(6)3;1-4(2)3-5;/h1-10H;1-5H3;4H,1-2H2;/q;;-2;. The van der Waals surface area contributed by atoms with Crippen LogP contribution in [0.3, 0.4) is 0 Å².